The molecule has 0 bridgehead atoms. The zero-order chi connectivity index (χ0) is 20.2. The maximum atomic E-state index is 13.2. The van der Waals surface area contributed by atoms with Gasteiger partial charge in [-0.3, -0.25) is 14.6 Å². The van der Waals surface area contributed by atoms with Gasteiger partial charge in [-0.25, -0.2) is 0 Å². The smallest absolute Gasteiger partial charge is 0.260 e. The number of pyridine rings is 2. The average Bonchev–Trinajstić information content (AvgIpc) is 2.78. The molecule has 6 heteroatoms. The van der Waals surface area contributed by atoms with Crippen LogP contribution in [0.3, 0.4) is 0 Å². The lowest BCUT2D eigenvalue weighted by molar-refractivity contribution is 0.0984. The number of hydrogen-bond acceptors (Lipinski definition) is 4. The minimum absolute atomic E-state index is 0.125. The number of ether oxygens (including phenoxy) is 1. The van der Waals surface area contributed by atoms with Gasteiger partial charge in [-0.15, -0.1) is 0 Å². The van der Waals surface area contributed by atoms with Crippen LogP contribution in [-0.2, 0) is 6.54 Å². The Morgan fingerprint density at radius 1 is 1.07 bits per heavy atom. The summed E-state index contributed by atoms with van der Waals surface area (Å²) in [5, 5.41) is 0.908. The van der Waals surface area contributed by atoms with E-state index in [-0.39, 0.29) is 18.0 Å². The van der Waals surface area contributed by atoms with E-state index in [4.69, 9.17) is 4.74 Å². The molecule has 144 valence electrons. The molecular formula is C23H19N3O3. The number of amides is 1. The molecule has 0 aliphatic heterocycles. The predicted octanol–water partition coefficient (Wildman–Crippen LogP) is 3.78. The van der Waals surface area contributed by atoms with E-state index in [1.165, 1.54) is 6.20 Å². The SMILES string of the molecule is COc1ccc(N(Cc2cc3ccccc3[nH]c2=O)C(=O)c2cccnc2)cc1. The van der Waals surface area contributed by atoms with E-state index in [0.717, 1.165) is 10.9 Å². The van der Waals surface area contributed by atoms with Crippen LogP contribution in [0.4, 0.5) is 5.69 Å². The van der Waals surface area contributed by atoms with Crippen LogP contribution in [0.5, 0.6) is 5.75 Å². The summed E-state index contributed by atoms with van der Waals surface area (Å²) >= 11 is 0. The summed E-state index contributed by atoms with van der Waals surface area (Å²) in [7, 11) is 1.59. The van der Waals surface area contributed by atoms with Crippen molar-refractivity contribution in [3.05, 3.63) is 101 Å². The number of anilines is 1. The first-order valence-electron chi connectivity index (χ1n) is 9.12. The summed E-state index contributed by atoms with van der Waals surface area (Å²) in [6, 6.07) is 19.9. The summed E-state index contributed by atoms with van der Waals surface area (Å²) in [4.78, 5) is 34.3. The van der Waals surface area contributed by atoms with E-state index in [9.17, 15) is 9.59 Å². The summed E-state index contributed by atoms with van der Waals surface area (Å²) in [5.74, 6) is 0.446. The monoisotopic (exact) mass is 385 g/mol. The molecule has 1 N–H and O–H groups in total. The minimum Gasteiger partial charge on any atom is -0.497 e. The van der Waals surface area contributed by atoms with Gasteiger partial charge in [0.05, 0.1) is 19.2 Å². The second kappa shape index (κ2) is 7.98. The fraction of sp³-hybridized carbons (Fsp3) is 0.0870. The van der Waals surface area contributed by atoms with Crippen molar-refractivity contribution >= 4 is 22.5 Å². The average molecular weight is 385 g/mol. The number of H-pyrrole nitrogens is 1. The standard InChI is InChI=1S/C23H19N3O3/c1-29-20-10-8-19(9-11-20)26(23(28)17-6-4-12-24-14-17)15-18-13-16-5-2-3-7-21(16)25-22(18)27/h2-14H,15H2,1H3,(H,25,27). The Labute approximate surface area is 167 Å². The van der Waals surface area contributed by atoms with Crippen LogP contribution >= 0.6 is 0 Å². The van der Waals surface area contributed by atoms with E-state index >= 15 is 0 Å². The highest BCUT2D eigenvalue weighted by Crippen LogP contribution is 2.23. The molecule has 1 amide bonds. The third-order valence-electron chi connectivity index (χ3n) is 4.70. The lowest BCUT2D eigenvalue weighted by Gasteiger charge is -2.23. The topological polar surface area (TPSA) is 75.3 Å². The Morgan fingerprint density at radius 3 is 2.59 bits per heavy atom. The third-order valence-corrected chi connectivity index (χ3v) is 4.70. The number of nitrogens with one attached hydrogen (secondary N) is 1. The molecule has 6 nitrogen and oxygen atoms in total. The number of aromatic amines is 1. The molecule has 0 saturated heterocycles. The maximum Gasteiger partial charge on any atom is 0.260 e. The lowest BCUT2D eigenvalue weighted by atomic mass is 10.1. The molecule has 0 spiro atoms. The van der Waals surface area contributed by atoms with Crippen LogP contribution in [0, 0.1) is 0 Å². The first-order valence-corrected chi connectivity index (χ1v) is 9.12. The number of para-hydroxylation sites is 1. The van der Waals surface area contributed by atoms with Gasteiger partial charge in [0.15, 0.2) is 0 Å². The Bertz CT molecular complexity index is 1200. The number of carbonyl (C=O) groups excluding carboxylic acids is 1. The highest BCUT2D eigenvalue weighted by atomic mass is 16.5. The van der Waals surface area contributed by atoms with Gasteiger partial charge in [0, 0.05) is 29.2 Å². The fourth-order valence-electron chi connectivity index (χ4n) is 3.17. The van der Waals surface area contributed by atoms with Crippen LogP contribution in [0.15, 0.2) is 83.9 Å². The van der Waals surface area contributed by atoms with Crippen molar-refractivity contribution in [1.82, 2.24) is 9.97 Å². The number of methoxy groups -OCH3 is 1. The zero-order valence-corrected chi connectivity index (χ0v) is 15.8. The van der Waals surface area contributed by atoms with E-state index < -0.39 is 0 Å². The summed E-state index contributed by atoms with van der Waals surface area (Å²) in [6.07, 6.45) is 3.13. The Morgan fingerprint density at radius 2 is 1.86 bits per heavy atom. The lowest BCUT2D eigenvalue weighted by Crippen LogP contribution is -2.33. The molecule has 4 rings (SSSR count). The van der Waals surface area contributed by atoms with Gasteiger partial charge >= 0.3 is 0 Å². The van der Waals surface area contributed by atoms with Crippen molar-refractivity contribution in [1.29, 1.82) is 0 Å². The van der Waals surface area contributed by atoms with E-state index in [2.05, 4.69) is 9.97 Å². The van der Waals surface area contributed by atoms with Gasteiger partial charge < -0.3 is 14.6 Å². The van der Waals surface area contributed by atoms with Gasteiger partial charge in [-0.2, -0.15) is 0 Å². The number of nitrogens with zero attached hydrogens (tertiary/aromatic N) is 2. The highest BCUT2D eigenvalue weighted by molar-refractivity contribution is 6.05. The van der Waals surface area contributed by atoms with Crippen LogP contribution in [-0.4, -0.2) is 23.0 Å². The van der Waals surface area contributed by atoms with E-state index in [1.54, 1.807) is 54.6 Å². The van der Waals surface area contributed by atoms with Crippen LogP contribution in [0.25, 0.3) is 10.9 Å². The van der Waals surface area contributed by atoms with Crippen molar-refractivity contribution in [2.75, 3.05) is 12.0 Å². The molecule has 0 saturated carbocycles. The fourth-order valence-corrected chi connectivity index (χ4v) is 3.17. The van der Waals surface area contributed by atoms with Gasteiger partial charge in [0.2, 0.25) is 0 Å². The number of carbonyl (C=O) groups is 1. The summed E-state index contributed by atoms with van der Waals surface area (Å²) in [6.45, 7) is 0.125. The molecule has 0 aliphatic carbocycles. The Balaban J connectivity index is 1.76. The molecule has 4 aromatic rings. The molecule has 0 unspecified atom stereocenters. The first-order chi connectivity index (χ1) is 14.2. The maximum absolute atomic E-state index is 13.2. The third kappa shape index (κ3) is 3.87. The van der Waals surface area contributed by atoms with Crippen LogP contribution < -0.4 is 15.2 Å². The molecule has 0 atom stereocenters. The number of rotatable bonds is 5. The summed E-state index contributed by atoms with van der Waals surface area (Å²) < 4.78 is 5.21. The molecule has 0 fully saturated rings. The van der Waals surface area contributed by atoms with Crippen molar-refractivity contribution in [3.8, 4) is 5.75 Å². The largest absolute Gasteiger partial charge is 0.497 e. The van der Waals surface area contributed by atoms with Gasteiger partial charge in [0.25, 0.3) is 11.5 Å². The number of aromatic nitrogens is 2. The highest BCUT2D eigenvalue weighted by Gasteiger charge is 2.20. The second-order valence-electron chi connectivity index (χ2n) is 6.54. The normalized spacial score (nSPS) is 10.7. The van der Waals surface area contributed by atoms with Crippen LogP contribution in [0.1, 0.15) is 15.9 Å². The zero-order valence-electron chi connectivity index (χ0n) is 15.8. The number of fused-ring (bicyclic) bond motifs is 1. The predicted molar refractivity (Wildman–Crippen MR) is 112 cm³/mol. The van der Waals surface area contributed by atoms with Crippen molar-refractivity contribution < 1.29 is 9.53 Å². The van der Waals surface area contributed by atoms with Crippen molar-refractivity contribution in [2.45, 2.75) is 6.54 Å². The Hall–Kier alpha value is -3.93. The molecule has 29 heavy (non-hydrogen) atoms. The van der Waals surface area contributed by atoms with E-state index in [0.29, 0.717) is 22.6 Å². The molecule has 2 aromatic heterocycles. The van der Waals surface area contributed by atoms with Crippen molar-refractivity contribution in [3.63, 3.8) is 0 Å². The van der Waals surface area contributed by atoms with Crippen molar-refractivity contribution in [2.24, 2.45) is 0 Å². The molecule has 2 aromatic carbocycles. The second-order valence-corrected chi connectivity index (χ2v) is 6.54. The molecule has 0 radical (unpaired) electrons. The van der Waals surface area contributed by atoms with Gasteiger partial charge in [-0.1, -0.05) is 18.2 Å². The molecular weight excluding hydrogens is 366 g/mol. The molecule has 0 aliphatic rings. The summed E-state index contributed by atoms with van der Waals surface area (Å²) in [5.41, 5.74) is 2.14. The van der Waals surface area contributed by atoms with Gasteiger partial charge in [-0.05, 0) is 53.9 Å². The quantitative estimate of drug-likeness (QED) is 0.567. The van der Waals surface area contributed by atoms with E-state index in [1.807, 2.05) is 30.3 Å². The Kier molecular flexibility index (Phi) is 5.07. The van der Waals surface area contributed by atoms with Crippen LogP contribution in [0.2, 0.25) is 0 Å². The number of benzene rings is 2. The first kappa shape index (κ1) is 18.4. The number of hydrogen-bond donors (Lipinski definition) is 1. The van der Waals surface area contributed by atoms with Gasteiger partial charge in [0.1, 0.15) is 5.75 Å². The minimum atomic E-state index is -0.240. The molecule has 2 heterocycles.